The number of H-pyrrole nitrogens is 2. The summed E-state index contributed by atoms with van der Waals surface area (Å²) in [6.45, 7) is -2.26. The molecule has 7 unspecified atom stereocenters. The molecule has 9 rings (SSSR count). The number of phosphoric acid groups is 4. The highest BCUT2D eigenvalue weighted by molar-refractivity contribution is 7.65. The van der Waals surface area contributed by atoms with E-state index in [1.807, 2.05) is 0 Å². The Balaban J connectivity index is 0.850. The number of hydrogen-bond donors (Lipinski definition) is 9. The molecule has 3 fully saturated rings. The van der Waals surface area contributed by atoms with Crippen molar-refractivity contribution in [2.45, 2.75) is 74.4 Å². The van der Waals surface area contributed by atoms with E-state index in [4.69, 9.17) is 45.0 Å². The molecule has 404 valence electrons. The minimum absolute atomic E-state index is 0.0332. The first kappa shape index (κ1) is 53.7. The molecule has 0 aromatic carbocycles. The SMILES string of the molecule is CC1[C@@H](OP(=O)([O-])OC[C@H]2O[C@@H](n3cnc4c(=O)[nH]c(N)nc43)C(O)[C@H]2O)[C@@H](COP(=O)([O-])OP(=O)([O-])OP(=O)([O-])OC[C@H]2O[C@@H]([n+]3cn(C)c4c(=O)[nH]c(N)nc43)C(O)[C@H]2O)O[C@H]1n1cnc2c(N)ncnc21. The highest BCUT2D eigenvalue weighted by atomic mass is 31.3. The second-order valence-corrected chi connectivity index (χ2v) is 22.4. The van der Waals surface area contributed by atoms with E-state index in [9.17, 15) is 67.8 Å². The van der Waals surface area contributed by atoms with Crippen LogP contribution in [0.2, 0.25) is 0 Å². The fourth-order valence-corrected chi connectivity index (χ4v) is 12.7. The van der Waals surface area contributed by atoms with Crippen LogP contribution in [-0.2, 0) is 66.2 Å². The number of aliphatic hydroxyl groups is 4. The van der Waals surface area contributed by atoms with Crippen LogP contribution in [0.1, 0.15) is 25.6 Å². The maximum atomic E-state index is 13.5. The fraction of sp³-hybridized carbons (Fsp3) is 0.531. The predicted octanol–water partition coefficient (Wildman–Crippen LogP) is -6.62. The van der Waals surface area contributed by atoms with Gasteiger partial charge in [-0.1, -0.05) is 11.9 Å². The van der Waals surface area contributed by atoms with Crippen molar-refractivity contribution in [3.05, 3.63) is 46.0 Å². The van der Waals surface area contributed by atoms with E-state index in [0.717, 1.165) is 28.1 Å². The molecule has 3 aliphatic heterocycles. The van der Waals surface area contributed by atoms with E-state index in [1.54, 1.807) is 0 Å². The summed E-state index contributed by atoms with van der Waals surface area (Å²) in [5.41, 5.74) is 15.3. The summed E-state index contributed by atoms with van der Waals surface area (Å²) in [4.78, 5) is 105. The Morgan fingerprint density at radius 1 is 0.689 bits per heavy atom. The number of rotatable bonds is 18. The Morgan fingerprint density at radius 2 is 1.24 bits per heavy atom. The molecule has 0 bridgehead atoms. The molecule has 0 saturated carbocycles. The van der Waals surface area contributed by atoms with Gasteiger partial charge >= 0.3 is 5.65 Å². The number of aliphatic hydroxyl groups excluding tert-OH is 4. The normalized spacial score (nSPS) is 30.7. The summed E-state index contributed by atoms with van der Waals surface area (Å²) in [6.07, 6.45) is -14.3. The van der Waals surface area contributed by atoms with Crippen LogP contribution >= 0.6 is 31.3 Å². The van der Waals surface area contributed by atoms with Crippen LogP contribution in [0, 0.1) is 5.92 Å². The number of aryl methyl sites for hydroxylation is 1. The first-order chi connectivity index (χ1) is 34.6. The first-order valence-corrected chi connectivity index (χ1v) is 26.9. The van der Waals surface area contributed by atoms with Crippen molar-refractivity contribution in [3.8, 4) is 0 Å². The van der Waals surface area contributed by atoms with Crippen LogP contribution in [0.25, 0.3) is 33.5 Å². The molecule has 0 spiro atoms. The van der Waals surface area contributed by atoms with Crippen molar-refractivity contribution >= 4 is 82.5 Å². The van der Waals surface area contributed by atoms with E-state index in [1.165, 1.54) is 29.4 Å². The number of nitrogen functional groups attached to an aromatic ring is 3. The van der Waals surface area contributed by atoms with E-state index in [0.29, 0.717) is 0 Å². The van der Waals surface area contributed by atoms with Crippen LogP contribution in [0.5, 0.6) is 0 Å². The van der Waals surface area contributed by atoms with Crippen molar-refractivity contribution < 1.29 is 104 Å². The van der Waals surface area contributed by atoms with Crippen molar-refractivity contribution in [1.82, 2.24) is 53.6 Å². The van der Waals surface area contributed by atoms with Crippen LogP contribution < -0.4 is 52.5 Å². The zero-order chi connectivity index (χ0) is 53.6. The Morgan fingerprint density at radius 3 is 1.92 bits per heavy atom. The van der Waals surface area contributed by atoms with Crippen molar-refractivity contribution in [1.29, 1.82) is 0 Å². The van der Waals surface area contributed by atoms with E-state index >= 15 is 0 Å². The summed E-state index contributed by atoms with van der Waals surface area (Å²) < 4.78 is 101. The topological polar surface area (TPSA) is 564 Å². The lowest BCUT2D eigenvalue weighted by Crippen LogP contribution is -2.46. The molecule has 0 amide bonds. The molecular weight excluding hydrogens is 1090 g/mol. The molecule has 38 nitrogen and oxygen atoms in total. The fourth-order valence-electron chi connectivity index (χ4n) is 8.31. The molecule has 74 heavy (non-hydrogen) atoms. The number of nitrogens with two attached hydrogens (primary N) is 3. The zero-order valence-electron chi connectivity index (χ0n) is 37.4. The number of ether oxygens (including phenoxy) is 3. The predicted molar refractivity (Wildman–Crippen MR) is 228 cm³/mol. The molecule has 6 aromatic rings. The summed E-state index contributed by atoms with van der Waals surface area (Å²) in [6, 6.07) is 0. The largest absolute Gasteiger partial charge is 0.756 e. The van der Waals surface area contributed by atoms with Crippen molar-refractivity contribution in [3.63, 3.8) is 0 Å². The third kappa shape index (κ3) is 10.6. The number of nitrogens with zero attached hydrogens (tertiary/aromatic N) is 10. The van der Waals surface area contributed by atoms with Gasteiger partial charge in [0.1, 0.15) is 66.9 Å². The zero-order valence-corrected chi connectivity index (χ0v) is 41.0. The van der Waals surface area contributed by atoms with Gasteiger partial charge in [-0.05, 0) is 0 Å². The maximum Gasteiger partial charge on any atom is 0.313 e. The molecule has 9 heterocycles. The molecule has 6 aromatic heterocycles. The number of hydrogen-bond acceptors (Lipinski definition) is 32. The van der Waals surface area contributed by atoms with Gasteiger partial charge in [-0.2, -0.15) is 4.98 Å². The van der Waals surface area contributed by atoms with Gasteiger partial charge in [0.25, 0.3) is 48.4 Å². The van der Waals surface area contributed by atoms with E-state index in [-0.39, 0.29) is 51.2 Å². The average molecular weight is 1130 g/mol. The van der Waals surface area contributed by atoms with Gasteiger partial charge in [0, 0.05) is 5.92 Å². The van der Waals surface area contributed by atoms with Crippen molar-refractivity contribution in [2.24, 2.45) is 13.0 Å². The second-order valence-electron chi connectivity index (χ2n) is 16.5. The number of nitrogens with one attached hydrogen (secondary N) is 2. The molecule has 42 heteroatoms. The van der Waals surface area contributed by atoms with Crippen LogP contribution in [0.15, 0.2) is 34.9 Å². The first-order valence-electron chi connectivity index (χ1n) is 21.0. The van der Waals surface area contributed by atoms with Gasteiger partial charge in [-0.25, -0.2) is 33.1 Å². The Bertz CT molecular complexity index is 3450. The smallest absolute Gasteiger partial charge is 0.313 e. The van der Waals surface area contributed by atoms with E-state index in [2.05, 4.69) is 53.0 Å². The van der Waals surface area contributed by atoms with E-state index < -0.39 is 136 Å². The Hall–Kier alpha value is -5.11. The number of phosphoric ester groups is 3. The maximum absolute atomic E-state index is 13.5. The lowest BCUT2D eigenvalue weighted by atomic mass is 10.0. The summed E-state index contributed by atoms with van der Waals surface area (Å²) in [7, 11) is -23.2. The van der Waals surface area contributed by atoms with Gasteiger partial charge in [-0.3, -0.25) is 51.5 Å². The number of anilines is 3. The number of aromatic nitrogens is 12. The molecule has 12 N–H and O–H groups in total. The highest BCUT2D eigenvalue weighted by Crippen LogP contribution is 2.63. The number of imidazole rings is 3. The number of aromatic amines is 2. The van der Waals surface area contributed by atoms with Gasteiger partial charge in [0.05, 0.1) is 39.5 Å². The molecule has 0 aliphatic carbocycles. The minimum Gasteiger partial charge on any atom is -0.756 e. The summed E-state index contributed by atoms with van der Waals surface area (Å²) in [5.74, 6) is -1.91. The van der Waals surface area contributed by atoms with Gasteiger partial charge in [0.2, 0.25) is 17.7 Å². The standard InChI is InChI=1S/C32H43N15O23P4/c1-10-21(68-71(54,55)62-3-11-17(48)19(50)29(65-11)46-8-39-15-24(46)40-31(34)42-26(15)52)13(67-28(10)45-7-38-14-22(33)36-6-37-23(14)45)5-64-73(58,59)70-74(60,61)69-72(56,57)63-4-12-18(49)20(51)30(66-12)47-9-44(2)16-25(47)41-32(35)43-27(16)53/h6-13,17-21,28-30,48-51H,3-5H2,1-2H3,(H11-,33,34,35,36,37,40,41,42,43,52,53,54,55,56,57,58,59,60,61)/p-3/t10?,11-,12-,13-,17+,18+,19?,20?,21-,28-,29-,30-/m1/s1. The molecule has 3 saturated heterocycles. The second kappa shape index (κ2) is 19.8. The summed E-state index contributed by atoms with van der Waals surface area (Å²) in [5, 5.41) is 43.0. The Labute approximate surface area is 409 Å². The van der Waals surface area contributed by atoms with Crippen molar-refractivity contribution in [2.75, 3.05) is 37.0 Å². The quantitative estimate of drug-likeness (QED) is 0.0285. The molecule has 16 atom stereocenters. The lowest BCUT2D eigenvalue weighted by Gasteiger charge is -2.35. The number of fused-ring (bicyclic) bond motifs is 3. The average Bonchev–Trinajstić information content (AvgIpc) is 4.15. The Kier molecular flexibility index (Phi) is 14.4. The minimum atomic E-state index is -6.56. The third-order valence-electron chi connectivity index (χ3n) is 11.6. The third-order valence-corrected chi connectivity index (χ3v) is 16.7. The van der Waals surface area contributed by atoms with Crippen LogP contribution in [0.3, 0.4) is 0 Å². The molecular formula is C32H40N15O23P4-3. The summed E-state index contributed by atoms with van der Waals surface area (Å²) >= 11 is 0. The van der Waals surface area contributed by atoms with Gasteiger partial charge < -0.3 is 89.5 Å². The molecule has 3 aliphatic rings. The monoisotopic (exact) mass is 1130 g/mol. The van der Waals surface area contributed by atoms with Gasteiger partial charge in [0.15, 0.2) is 35.2 Å². The lowest BCUT2D eigenvalue weighted by molar-refractivity contribution is -0.745. The molecule has 0 radical (unpaired) electrons. The van der Waals surface area contributed by atoms with Crippen LogP contribution in [0.4, 0.5) is 17.7 Å². The highest BCUT2D eigenvalue weighted by Gasteiger charge is 2.50. The van der Waals surface area contributed by atoms with Crippen LogP contribution in [-0.4, -0.2) is 143 Å². The van der Waals surface area contributed by atoms with Gasteiger partial charge in [-0.15, -0.1) is 0 Å².